The van der Waals surface area contributed by atoms with E-state index < -0.39 is 0 Å². The molecule has 0 aliphatic rings. The van der Waals surface area contributed by atoms with E-state index in [1.54, 1.807) is 0 Å². The molecule has 1 heterocycles. The van der Waals surface area contributed by atoms with Crippen LogP contribution >= 0.6 is 11.3 Å². The Balaban J connectivity index is 2.24. The van der Waals surface area contributed by atoms with Crippen molar-refractivity contribution in [3.63, 3.8) is 0 Å². The Kier molecular flexibility index (Phi) is 9.10. The third-order valence-electron chi connectivity index (χ3n) is 3.52. The molecule has 0 saturated heterocycles. The number of unbranched alkanes of at least 4 members (excludes halogenated alkanes) is 1. The first-order valence-corrected chi connectivity index (χ1v) is 8.68. The van der Waals surface area contributed by atoms with Crippen molar-refractivity contribution in [3.8, 4) is 0 Å². The van der Waals surface area contributed by atoms with Crippen molar-refractivity contribution in [3.05, 3.63) is 22.4 Å². The Hall–Kier alpha value is -1.07. The van der Waals surface area contributed by atoms with Crippen LogP contribution in [-0.2, 0) is 6.42 Å². The average molecular weight is 311 g/mol. The minimum absolute atomic E-state index is 0.941. The molecule has 120 valence electrons. The van der Waals surface area contributed by atoms with Gasteiger partial charge >= 0.3 is 0 Å². The Bertz CT molecular complexity index is 389. The molecule has 0 aliphatic carbocycles. The van der Waals surface area contributed by atoms with Gasteiger partial charge in [-0.1, -0.05) is 19.4 Å². The summed E-state index contributed by atoms with van der Waals surface area (Å²) in [5, 5.41) is 5.58. The molecule has 0 spiro atoms. The summed E-state index contributed by atoms with van der Waals surface area (Å²) in [5.41, 5.74) is 0. The predicted molar refractivity (Wildman–Crippen MR) is 94.4 cm³/mol. The third-order valence-corrected chi connectivity index (χ3v) is 4.45. The zero-order chi connectivity index (χ0) is 15.5. The second kappa shape index (κ2) is 10.6. The van der Waals surface area contributed by atoms with Crippen molar-refractivity contribution in [1.82, 2.24) is 15.1 Å². The maximum absolute atomic E-state index is 4.36. The van der Waals surface area contributed by atoms with Gasteiger partial charge in [-0.05, 0) is 37.9 Å². The summed E-state index contributed by atoms with van der Waals surface area (Å²) in [6.45, 7) is 6.39. The van der Waals surface area contributed by atoms with Gasteiger partial charge < -0.3 is 15.1 Å². The second-order valence-electron chi connectivity index (χ2n) is 5.38. The van der Waals surface area contributed by atoms with E-state index >= 15 is 0 Å². The Morgan fingerprint density at radius 2 is 2.10 bits per heavy atom. The van der Waals surface area contributed by atoms with E-state index in [1.807, 2.05) is 18.4 Å². The third kappa shape index (κ3) is 7.48. The van der Waals surface area contributed by atoms with Gasteiger partial charge in [0.1, 0.15) is 0 Å². The summed E-state index contributed by atoms with van der Waals surface area (Å²) in [7, 11) is 6.13. The number of rotatable bonds is 9. The number of likely N-dealkylation sites (N-methyl/N-ethyl adjacent to an activating group) is 2. The second-order valence-corrected chi connectivity index (χ2v) is 6.41. The minimum Gasteiger partial charge on any atom is -0.355 e. The van der Waals surface area contributed by atoms with E-state index in [1.165, 1.54) is 24.3 Å². The highest BCUT2D eigenvalue weighted by Crippen LogP contribution is 2.09. The van der Waals surface area contributed by atoms with Crippen LogP contribution in [0.3, 0.4) is 0 Å². The number of guanidine groups is 1. The van der Waals surface area contributed by atoms with Gasteiger partial charge in [-0.3, -0.25) is 4.99 Å². The normalized spacial score (nSPS) is 12.0. The highest BCUT2D eigenvalue weighted by molar-refractivity contribution is 7.09. The van der Waals surface area contributed by atoms with Crippen LogP contribution in [0.15, 0.2) is 22.5 Å². The van der Waals surface area contributed by atoms with Crippen molar-refractivity contribution in [2.24, 2.45) is 4.99 Å². The van der Waals surface area contributed by atoms with Crippen molar-refractivity contribution >= 4 is 17.3 Å². The maximum atomic E-state index is 4.36. The summed E-state index contributed by atoms with van der Waals surface area (Å²) in [5.74, 6) is 0.982. The molecule has 0 fully saturated rings. The molecule has 1 aromatic rings. The number of thiophene rings is 1. The van der Waals surface area contributed by atoms with Crippen molar-refractivity contribution in [1.29, 1.82) is 0 Å². The van der Waals surface area contributed by atoms with E-state index in [2.05, 4.69) is 58.6 Å². The number of nitrogens with zero attached hydrogens (tertiary/aromatic N) is 3. The van der Waals surface area contributed by atoms with Gasteiger partial charge in [-0.25, -0.2) is 0 Å². The lowest BCUT2D eigenvalue weighted by atomic mass is 10.3. The lowest BCUT2D eigenvalue weighted by Gasteiger charge is -2.23. The standard InChI is InChI=1S/C16H30N4S/c1-5-6-11-19(3)13-10-18-16(17-2)20(4)12-9-15-8-7-14-21-15/h7-8,14H,5-6,9-13H2,1-4H3,(H,17,18). The van der Waals surface area contributed by atoms with Gasteiger partial charge in [-0.15, -0.1) is 11.3 Å². The molecule has 1 rings (SSSR count). The summed E-state index contributed by atoms with van der Waals surface area (Å²) in [6, 6.07) is 4.30. The lowest BCUT2D eigenvalue weighted by Crippen LogP contribution is -2.42. The first kappa shape index (κ1) is 18.0. The maximum Gasteiger partial charge on any atom is 0.193 e. The van der Waals surface area contributed by atoms with Crippen LogP contribution in [0.2, 0.25) is 0 Å². The molecule has 0 amide bonds. The Morgan fingerprint density at radius 3 is 2.71 bits per heavy atom. The van der Waals surface area contributed by atoms with Crippen LogP contribution in [0.25, 0.3) is 0 Å². The lowest BCUT2D eigenvalue weighted by molar-refractivity contribution is 0.330. The first-order chi connectivity index (χ1) is 10.2. The van der Waals surface area contributed by atoms with Gasteiger partial charge in [0.25, 0.3) is 0 Å². The van der Waals surface area contributed by atoms with E-state index in [0.717, 1.165) is 32.0 Å². The van der Waals surface area contributed by atoms with Crippen LogP contribution in [0, 0.1) is 0 Å². The minimum atomic E-state index is 0.941. The molecule has 21 heavy (non-hydrogen) atoms. The zero-order valence-electron chi connectivity index (χ0n) is 13.9. The van der Waals surface area contributed by atoms with Gasteiger partial charge in [0, 0.05) is 38.6 Å². The van der Waals surface area contributed by atoms with Crippen molar-refractivity contribution in [2.75, 3.05) is 47.3 Å². The Labute approximate surface area is 133 Å². The molecule has 5 heteroatoms. The SMILES string of the molecule is CCCCN(C)CCNC(=NC)N(C)CCc1cccs1. The summed E-state index contributed by atoms with van der Waals surface area (Å²) in [4.78, 5) is 10.4. The molecule has 4 nitrogen and oxygen atoms in total. The average Bonchev–Trinajstić information content (AvgIpc) is 3.00. The van der Waals surface area contributed by atoms with Crippen molar-refractivity contribution in [2.45, 2.75) is 26.2 Å². The smallest absolute Gasteiger partial charge is 0.193 e. The molecule has 0 radical (unpaired) electrons. The molecule has 0 aliphatic heterocycles. The fraction of sp³-hybridized carbons (Fsp3) is 0.688. The topological polar surface area (TPSA) is 30.9 Å². The number of nitrogens with one attached hydrogen (secondary N) is 1. The van der Waals surface area contributed by atoms with E-state index in [4.69, 9.17) is 0 Å². The largest absolute Gasteiger partial charge is 0.355 e. The van der Waals surface area contributed by atoms with Crippen LogP contribution in [0.4, 0.5) is 0 Å². The summed E-state index contributed by atoms with van der Waals surface area (Å²) >= 11 is 1.82. The number of hydrogen-bond acceptors (Lipinski definition) is 3. The first-order valence-electron chi connectivity index (χ1n) is 7.80. The summed E-state index contributed by atoms with van der Waals surface area (Å²) < 4.78 is 0. The van der Waals surface area contributed by atoms with Crippen LogP contribution in [-0.4, -0.2) is 63.1 Å². The molecule has 0 saturated carbocycles. The number of hydrogen-bond donors (Lipinski definition) is 1. The van der Waals surface area contributed by atoms with E-state index in [-0.39, 0.29) is 0 Å². The summed E-state index contributed by atoms with van der Waals surface area (Å²) in [6.07, 6.45) is 3.60. The van der Waals surface area contributed by atoms with Crippen molar-refractivity contribution < 1.29 is 0 Å². The highest BCUT2D eigenvalue weighted by Gasteiger charge is 2.06. The van der Waals surface area contributed by atoms with Crippen LogP contribution in [0.1, 0.15) is 24.6 Å². The molecule has 0 unspecified atom stereocenters. The van der Waals surface area contributed by atoms with Crippen LogP contribution < -0.4 is 5.32 Å². The predicted octanol–water partition coefficient (Wildman–Crippen LogP) is 2.53. The molecule has 0 bridgehead atoms. The van der Waals surface area contributed by atoms with Gasteiger partial charge in [0.15, 0.2) is 5.96 Å². The quantitative estimate of drug-likeness (QED) is 0.562. The number of aliphatic imine (C=N–C) groups is 1. The molecule has 0 atom stereocenters. The molecule has 0 aromatic carbocycles. The molecular weight excluding hydrogens is 280 g/mol. The van der Waals surface area contributed by atoms with Crippen LogP contribution in [0.5, 0.6) is 0 Å². The Morgan fingerprint density at radius 1 is 1.29 bits per heavy atom. The fourth-order valence-electron chi connectivity index (χ4n) is 2.12. The van der Waals surface area contributed by atoms with E-state index in [9.17, 15) is 0 Å². The highest BCUT2D eigenvalue weighted by atomic mass is 32.1. The zero-order valence-corrected chi connectivity index (χ0v) is 14.7. The van der Waals surface area contributed by atoms with Gasteiger partial charge in [0.05, 0.1) is 0 Å². The molecule has 1 N–H and O–H groups in total. The van der Waals surface area contributed by atoms with E-state index in [0.29, 0.717) is 0 Å². The molecular formula is C16H30N4S. The van der Waals surface area contributed by atoms with Gasteiger partial charge in [-0.2, -0.15) is 0 Å². The monoisotopic (exact) mass is 310 g/mol. The van der Waals surface area contributed by atoms with Gasteiger partial charge in [0.2, 0.25) is 0 Å². The fourth-order valence-corrected chi connectivity index (χ4v) is 2.82. The molecule has 1 aromatic heterocycles.